The zero-order valence-electron chi connectivity index (χ0n) is 12.0. The van der Waals surface area contributed by atoms with Crippen LogP contribution < -0.4 is 0 Å². The van der Waals surface area contributed by atoms with Crippen molar-refractivity contribution in [3.05, 3.63) is 34.4 Å². The van der Waals surface area contributed by atoms with Crippen LogP contribution in [0.25, 0.3) is 0 Å². The van der Waals surface area contributed by atoms with Crippen molar-refractivity contribution < 1.29 is 0 Å². The summed E-state index contributed by atoms with van der Waals surface area (Å²) < 4.78 is 0. The third-order valence-corrected chi connectivity index (χ3v) is 4.98. The van der Waals surface area contributed by atoms with Gasteiger partial charge in [-0.05, 0) is 57.2 Å². The Balaban J connectivity index is 2.27. The van der Waals surface area contributed by atoms with Gasteiger partial charge in [-0.1, -0.05) is 25.0 Å². The molecule has 0 aromatic heterocycles. The number of fused-ring (bicyclic) bond motifs is 3. The molecule has 1 heterocycles. The lowest BCUT2D eigenvalue weighted by Crippen LogP contribution is -2.39. The number of hydrogen-bond acceptors (Lipinski definition) is 1. The molecule has 1 aliphatic heterocycles. The summed E-state index contributed by atoms with van der Waals surface area (Å²) in [5.41, 5.74) is 7.32. The van der Waals surface area contributed by atoms with Crippen molar-refractivity contribution in [3.8, 4) is 0 Å². The zero-order chi connectivity index (χ0) is 12.9. The van der Waals surface area contributed by atoms with E-state index in [0.717, 1.165) is 0 Å². The molecule has 0 spiro atoms. The predicted molar refractivity (Wildman–Crippen MR) is 77.7 cm³/mol. The van der Waals surface area contributed by atoms with Crippen LogP contribution in [-0.4, -0.2) is 11.3 Å². The van der Waals surface area contributed by atoms with E-state index in [1.807, 2.05) is 0 Å². The zero-order valence-corrected chi connectivity index (χ0v) is 12.0. The number of aliphatic imine (C=N–C) groups is 1. The molecule has 2 aliphatic rings. The first-order valence-electron chi connectivity index (χ1n) is 7.20. The van der Waals surface area contributed by atoms with Crippen molar-refractivity contribution in [1.29, 1.82) is 0 Å². The number of rotatable bonds is 0. The Morgan fingerprint density at radius 2 is 1.83 bits per heavy atom. The number of hydrogen-bond donors (Lipinski definition) is 0. The molecule has 0 radical (unpaired) electrons. The van der Waals surface area contributed by atoms with Crippen LogP contribution in [0.1, 0.15) is 67.7 Å². The normalized spacial score (nSPS) is 30.4. The molecule has 1 nitrogen and oxygen atoms in total. The van der Waals surface area contributed by atoms with Gasteiger partial charge in [0.05, 0.1) is 5.54 Å². The van der Waals surface area contributed by atoms with Crippen molar-refractivity contribution in [2.24, 2.45) is 4.99 Å². The van der Waals surface area contributed by atoms with Gasteiger partial charge in [-0.2, -0.15) is 0 Å². The van der Waals surface area contributed by atoms with Gasteiger partial charge >= 0.3 is 0 Å². The highest BCUT2D eigenvalue weighted by atomic mass is 14.9. The lowest BCUT2D eigenvalue weighted by atomic mass is 9.66. The van der Waals surface area contributed by atoms with Crippen molar-refractivity contribution in [2.45, 2.75) is 64.8 Å². The van der Waals surface area contributed by atoms with E-state index >= 15 is 0 Å². The molecular formula is C17H23N. The number of nitrogens with zero attached hydrogens (tertiary/aromatic N) is 1. The summed E-state index contributed by atoms with van der Waals surface area (Å²) in [7, 11) is 0. The summed E-state index contributed by atoms with van der Waals surface area (Å²) in [6, 6.07) is 4.54. The Morgan fingerprint density at radius 3 is 2.61 bits per heavy atom. The van der Waals surface area contributed by atoms with E-state index < -0.39 is 0 Å². The molecule has 1 aromatic carbocycles. The molecule has 1 aromatic rings. The highest BCUT2D eigenvalue weighted by Crippen LogP contribution is 2.48. The molecule has 0 unspecified atom stereocenters. The predicted octanol–water partition coefficient (Wildman–Crippen LogP) is 4.54. The van der Waals surface area contributed by atoms with E-state index in [9.17, 15) is 0 Å². The van der Waals surface area contributed by atoms with E-state index in [2.05, 4.69) is 39.8 Å². The minimum atomic E-state index is 0.161. The summed E-state index contributed by atoms with van der Waals surface area (Å²) in [5, 5.41) is 0. The third-order valence-electron chi connectivity index (χ3n) is 4.98. The van der Waals surface area contributed by atoms with Gasteiger partial charge in [-0.15, -0.1) is 0 Å². The van der Waals surface area contributed by atoms with Crippen LogP contribution in [0.3, 0.4) is 0 Å². The van der Waals surface area contributed by atoms with Gasteiger partial charge in [0.2, 0.25) is 0 Å². The van der Waals surface area contributed by atoms with Gasteiger partial charge in [0.25, 0.3) is 0 Å². The van der Waals surface area contributed by atoms with E-state index in [1.165, 1.54) is 48.1 Å². The lowest BCUT2D eigenvalue weighted by Gasteiger charge is -2.44. The molecular weight excluding hydrogens is 218 g/mol. The van der Waals surface area contributed by atoms with Crippen LogP contribution >= 0.6 is 0 Å². The van der Waals surface area contributed by atoms with Gasteiger partial charge in [0, 0.05) is 17.2 Å². The van der Waals surface area contributed by atoms with Crippen LogP contribution in [0.2, 0.25) is 0 Å². The molecule has 0 N–H and O–H groups in total. The molecule has 96 valence electrons. The molecule has 3 rings (SSSR count). The Morgan fingerprint density at radius 1 is 1.11 bits per heavy atom. The summed E-state index contributed by atoms with van der Waals surface area (Å²) in [4.78, 5) is 5.10. The standard InChI is InChI=1S/C17H23N/c1-11-8-9-12(2)16-14-7-5-6-10-17(14,4)18-13(3)15(11)16/h8-9,14H,5-7,10H2,1-4H3/t14-,17-/m1/s1. The third kappa shape index (κ3) is 1.56. The molecule has 0 bridgehead atoms. The second-order valence-electron chi connectivity index (χ2n) is 6.34. The molecule has 2 atom stereocenters. The van der Waals surface area contributed by atoms with E-state index in [-0.39, 0.29) is 5.54 Å². The summed E-state index contributed by atoms with van der Waals surface area (Å²) in [6.07, 6.45) is 5.26. The monoisotopic (exact) mass is 241 g/mol. The summed E-state index contributed by atoms with van der Waals surface area (Å²) >= 11 is 0. The smallest absolute Gasteiger partial charge is 0.0652 e. The van der Waals surface area contributed by atoms with Gasteiger partial charge in [-0.25, -0.2) is 0 Å². The van der Waals surface area contributed by atoms with Crippen LogP contribution in [0.5, 0.6) is 0 Å². The van der Waals surface area contributed by atoms with Crippen LogP contribution in [-0.2, 0) is 0 Å². The second-order valence-corrected chi connectivity index (χ2v) is 6.34. The fourth-order valence-corrected chi connectivity index (χ4v) is 4.11. The van der Waals surface area contributed by atoms with Crippen molar-refractivity contribution in [2.75, 3.05) is 0 Å². The molecule has 1 saturated carbocycles. The second kappa shape index (κ2) is 3.94. The van der Waals surface area contributed by atoms with Crippen LogP contribution in [0, 0.1) is 13.8 Å². The fraction of sp³-hybridized carbons (Fsp3) is 0.588. The van der Waals surface area contributed by atoms with Crippen LogP contribution in [0.15, 0.2) is 17.1 Å². The lowest BCUT2D eigenvalue weighted by molar-refractivity contribution is 0.272. The number of aryl methyl sites for hydroxylation is 2. The van der Waals surface area contributed by atoms with Crippen molar-refractivity contribution in [3.63, 3.8) is 0 Å². The maximum Gasteiger partial charge on any atom is 0.0652 e. The quantitative estimate of drug-likeness (QED) is 0.632. The van der Waals surface area contributed by atoms with Crippen molar-refractivity contribution in [1.82, 2.24) is 0 Å². The first-order chi connectivity index (χ1) is 8.53. The number of benzene rings is 1. The van der Waals surface area contributed by atoms with Crippen LogP contribution in [0.4, 0.5) is 0 Å². The van der Waals surface area contributed by atoms with Crippen molar-refractivity contribution >= 4 is 5.71 Å². The van der Waals surface area contributed by atoms with E-state index in [1.54, 1.807) is 5.56 Å². The highest BCUT2D eigenvalue weighted by Gasteiger charge is 2.42. The fourth-order valence-electron chi connectivity index (χ4n) is 4.11. The minimum Gasteiger partial charge on any atom is -0.282 e. The maximum absolute atomic E-state index is 5.10. The molecule has 1 heteroatoms. The van der Waals surface area contributed by atoms with Gasteiger partial charge < -0.3 is 0 Å². The SMILES string of the molecule is CC1=N[C@]2(C)CCCC[C@@H]2c2c(C)ccc(C)c21. The summed E-state index contributed by atoms with van der Waals surface area (Å²) in [6.45, 7) is 9.06. The average Bonchev–Trinajstić information content (AvgIpc) is 2.32. The molecule has 0 saturated heterocycles. The van der Waals surface area contributed by atoms with Gasteiger partial charge in [0.15, 0.2) is 0 Å². The average molecular weight is 241 g/mol. The Kier molecular flexibility index (Phi) is 2.62. The van der Waals surface area contributed by atoms with Gasteiger partial charge in [-0.3, -0.25) is 4.99 Å². The first kappa shape index (κ1) is 12.0. The minimum absolute atomic E-state index is 0.161. The molecule has 0 amide bonds. The highest BCUT2D eigenvalue weighted by molar-refractivity contribution is 6.03. The summed E-state index contributed by atoms with van der Waals surface area (Å²) in [5.74, 6) is 0.643. The Labute approximate surface area is 110 Å². The molecule has 1 fully saturated rings. The maximum atomic E-state index is 5.10. The van der Waals surface area contributed by atoms with Gasteiger partial charge in [0.1, 0.15) is 0 Å². The Bertz CT molecular complexity index is 527. The topological polar surface area (TPSA) is 12.4 Å². The molecule has 18 heavy (non-hydrogen) atoms. The molecule has 1 aliphatic carbocycles. The van der Waals surface area contributed by atoms with E-state index in [4.69, 9.17) is 4.99 Å². The first-order valence-corrected chi connectivity index (χ1v) is 7.20. The van der Waals surface area contributed by atoms with E-state index in [0.29, 0.717) is 5.92 Å². The Hall–Kier alpha value is -1.11. The largest absolute Gasteiger partial charge is 0.282 e.